The maximum absolute atomic E-state index is 14.6. The quantitative estimate of drug-likeness (QED) is 0.283. The van der Waals surface area contributed by atoms with Gasteiger partial charge in [-0.1, -0.05) is 56.2 Å². The summed E-state index contributed by atoms with van der Waals surface area (Å²) in [5, 5.41) is 0. The molecule has 1 heterocycles. The zero-order valence-corrected chi connectivity index (χ0v) is 18.4. The van der Waals surface area contributed by atoms with Crippen LogP contribution in [0.1, 0.15) is 17.5 Å². The van der Waals surface area contributed by atoms with Gasteiger partial charge in [0.25, 0.3) is 0 Å². The maximum Gasteiger partial charge on any atom is 0.168 e. The fraction of sp³-hybridized carbons (Fsp3) is 0.148. The summed E-state index contributed by atoms with van der Waals surface area (Å²) in [7, 11) is 1.32. The van der Waals surface area contributed by atoms with Gasteiger partial charge >= 0.3 is 0 Å². The van der Waals surface area contributed by atoms with Crippen molar-refractivity contribution in [3.05, 3.63) is 126 Å². The van der Waals surface area contributed by atoms with Gasteiger partial charge in [0.1, 0.15) is 5.76 Å². The number of allylic oxidation sites excluding steroid dienone is 7. The topological polar surface area (TPSA) is 22.1 Å². The van der Waals surface area contributed by atoms with Crippen molar-refractivity contribution in [1.29, 1.82) is 0 Å². The number of nitrogens with zero attached hydrogens (tertiary/aromatic N) is 1. The summed E-state index contributed by atoms with van der Waals surface area (Å²) < 4.78 is 47.6. The van der Waals surface area contributed by atoms with Crippen molar-refractivity contribution in [1.82, 2.24) is 4.98 Å². The number of hydrogen-bond donors (Lipinski definition) is 0. The predicted octanol–water partition coefficient (Wildman–Crippen LogP) is 7.51. The van der Waals surface area contributed by atoms with Crippen molar-refractivity contribution < 1.29 is 17.9 Å². The molecule has 0 unspecified atom stereocenters. The highest BCUT2D eigenvalue weighted by Crippen LogP contribution is 2.26. The summed E-state index contributed by atoms with van der Waals surface area (Å²) in [6, 6.07) is 6.55. The van der Waals surface area contributed by atoms with E-state index in [9.17, 15) is 13.2 Å². The van der Waals surface area contributed by atoms with Crippen molar-refractivity contribution in [3.63, 3.8) is 0 Å². The lowest BCUT2D eigenvalue weighted by molar-refractivity contribution is 0.285. The molecular weight excluding hydrogens is 411 g/mol. The second-order valence-corrected chi connectivity index (χ2v) is 7.28. The van der Waals surface area contributed by atoms with Crippen LogP contribution in [-0.4, -0.2) is 12.1 Å². The molecule has 0 atom stereocenters. The molecule has 1 aromatic heterocycles. The van der Waals surface area contributed by atoms with Crippen molar-refractivity contribution in [2.75, 3.05) is 7.11 Å². The second kappa shape index (κ2) is 11.1. The number of pyridine rings is 1. The maximum atomic E-state index is 14.6. The highest BCUT2D eigenvalue weighted by Gasteiger charge is 2.15. The number of hydrogen-bond acceptors (Lipinski definition) is 2. The van der Waals surface area contributed by atoms with Crippen LogP contribution in [-0.2, 0) is 11.2 Å². The Kier molecular flexibility index (Phi) is 8.59. The van der Waals surface area contributed by atoms with Crippen molar-refractivity contribution in [2.24, 2.45) is 0 Å². The van der Waals surface area contributed by atoms with Crippen LogP contribution in [0.2, 0.25) is 0 Å². The summed E-state index contributed by atoms with van der Waals surface area (Å²) in [6.07, 6.45) is 6.76. The first-order valence-electron chi connectivity index (χ1n) is 9.88. The molecular formula is C27H26F3NO. The summed E-state index contributed by atoms with van der Waals surface area (Å²) >= 11 is 0. The molecule has 0 aliphatic rings. The zero-order valence-electron chi connectivity index (χ0n) is 18.4. The van der Waals surface area contributed by atoms with Crippen molar-refractivity contribution in [3.8, 4) is 11.3 Å². The Labute approximate surface area is 187 Å². The fourth-order valence-electron chi connectivity index (χ4n) is 2.74. The van der Waals surface area contributed by atoms with Gasteiger partial charge in [0.15, 0.2) is 17.5 Å². The van der Waals surface area contributed by atoms with Gasteiger partial charge in [0.2, 0.25) is 0 Å². The van der Waals surface area contributed by atoms with Gasteiger partial charge in [-0.05, 0) is 60.2 Å². The first-order valence-corrected chi connectivity index (χ1v) is 9.88. The van der Waals surface area contributed by atoms with Gasteiger partial charge in [-0.3, -0.25) is 4.98 Å². The van der Waals surface area contributed by atoms with Crippen LogP contribution in [0, 0.1) is 18.6 Å². The van der Waals surface area contributed by atoms with E-state index in [1.165, 1.54) is 19.3 Å². The number of benzene rings is 1. The van der Waals surface area contributed by atoms with Crippen LogP contribution >= 0.6 is 0 Å². The monoisotopic (exact) mass is 437 g/mol. The van der Waals surface area contributed by atoms with E-state index < -0.39 is 17.5 Å². The van der Waals surface area contributed by atoms with Crippen molar-refractivity contribution >= 4 is 0 Å². The molecule has 2 aromatic rings. The van der Waals surface area contributed by atoms with E-state index in [1.54, 1.807) is 36.5 Å². The minimum atomic E-state index is -0.920. The fourth-order valence-corrected chi connectivity index (χ4v) is 2.74. The molecule has 166 valence electrons. The average Bonchev–Trinajstić information content (AvgIpc) is 2.78. The predicted molar refractivity (Wildman–Crippen MR) is 125 cm³/mol. The molecule has 0 amide bonds. The molecule has 0 saturated heterocycles. The Hall–Kier alpha value is -3.60. The van der Waals surface area contributed by atoms with Gasteiger partial charge < -0.3 is 4.74 Å². The van der Waals surface area contributed by atoms with E-state index in [2.05, 4.69) is 31.3 Å². The first-order chi connectivity index (χ1) is 15.1. The van der Waals surface area contributed by atoms with Crippen LogP contribution < -0.4 is 0 Å². The third-order valence-corrected chi connectivity index (χ3v) is 4.81. The SMILES string of the molecule is C=C(/C=C\C(=C)C(=C)/C=C(/F)C(=C)OC)CCc1ccc(-c2ccc(C)cn2)c(F)c1F. The molecule has 0 fully saturated rings. The van der Waals surface area contributed by atoms with Gasteiger partial charge in [-0.25, -0.2) is 13.2 Å². The Morgan fingerprint density at radius 2 is 1.72 bits per heavy atom. The molecule has 0 aliphatic heterocycles. The lowest BCUT2D eigenvalue weighted by Crippen LogP contribution is -1.99. The highest BCUT2D eigenvalue weighted by molar-refractivity contribution is 5.60. The van der Waals surface area contributed by atoms with E-state index in [-0.39, 0.29) is 23.3 Å². The average molecular weight is 438 g/mol. The number of halogens is 3. The number of rotatable bonds is 10. The van der Waals surface area contributed by atoms with Crippen LogP contribution in [0.5, 0.6) is 0 Å². The molecule has 0 bridgehead atoms. The van der Waals surface area contributed by atoms with Gasteiger partial charge in [0.05, 0.1) is 12.8 Å². The van der Waals surface area contributed by atoms with Gasteiger partial charge in [-0.2, -0.15) is 0 Å². The molecule has 0 aliphatic carbocycles. The molecule has 0 radical (unpaired) electrons. The Morgan fingerprint density at radius 1 is 1.00 bits per heavy atom. The van der Waals surface area contributed by atoms with E-state index in [1.807, 2.05) is 6.92 Å². The molecule has 0 N–H and O–H groups in total. The molecule has 0 saturated carbocycles. The van der Waals surface area contributed by atoms with Crippen LogP contribution in [0.15, 0.2) is 103 Å². The normalized spacial score (nSPS) is 11.5. The smallest absolute Gasteiger partial charge is 0.168 e. The summed E-state index contributed by atoms with van der Waals surface area (Å²) in [4.78, 5) is 4.16. The third-order valence-electron chi connectivity index (χ3n) is 4.81. The van der Waals surface area contributed by atoms with Crippen LogP contribution in [0.25, 0.3) is 11.3 Å². The summed E-state index contributed by atoms with van der Waals surface area (Å²) in [6.45, 7) is 16.8. The van der Waals surface area contributed by atoms with E-state index in [0.717, 1.165) is 5.56 Å². The van der Waals surface area contributed by atoms with E-state index in [4.69, 9.17) is 4.74 Å². The Morgan fingerprint density at radius 3 is 2.34 bits per heavy atom. The standard InChI is InChI=1S/C27H26F3NO/c1-17(7-10-19(3)20(4)15-24(28)21(5)32-6)8-11-22-12-13-23(27(30)26(22)29)25-14-9-18(2)16-31-25/h7,9-10,12-16H,1,3-5,8,11H2,2,6H3/b10-7-,24-15+. The summed E-state index contributed by atoms with van der Waals surface area (Å²) in [5.74, 6) is -2.56. The number of methoxy groups -OCH3 is 1. The minimum absolute atomic E-state index is 0.106. The zero-order chi connectivity index (χ0) is 23.8. The van der Waals surface area contributed by atoms with E-state index >= 15 is 0 Å². The van der Waals surface area contributed by atoms with Gasteiger partial charge in [0, 0.05) is 11.8 Å². The molecule has 0 spiro atoms. The van der Waals surface area contributed by atoms with E-state index in [0.29, 0.717) is 28.8 Å². The van der Waals surface area contributed by atoms with Crippen LogP contribution in [0.4, 0.5) is 13.2 Å². The molecule has 1 aromatic carbocycles. The second-order valence-electron chi connectivity index (χ2n) is 7.28. The lowest BCUT2D eigenvalue weighted by atomic mass is 10.0. The third kappa shape index (κ3) is 6.45. The van der Waals surface area contributed by atoms with Crippen LogP contribution in [0.3, 0.4) is 0 Å². The number of ether oxygens (including phenoxy) is 1. The summed E-state index contributed by atoms with van der Waals surface area (Å²) in [5.41, 5.74) is 3.18. The lowest BCUT2D eigenvalue weighted by Gasteiger charge is -2.09. The highest BCUT2D eigenvalue weighted by atomic mass is 19.2. The number of aryl methyl sites for hydroxylation is 2. The molecule has 32 heavy (non-hydrogen) atoms. The molecule has 5 heteroatoms. The first kappa shape index (κ1) is 24.7. The Balaban J connectivity index is 2.01. The Bertz CT molecular complexity index is 1110. The van der Waals surface area contributed by atoms with Crippen molar-refractivity contribution in [2.45, 2.75) is 19.8 Å². The van der Waals surface area contributed by atoms with Gasteiger partial charge in [-0.15, -0.1) is 0 Å². The minimum Gasteiger partial charge on any atom is -0.494 e. The molecule has 2 rings (SSSR count). The molecule has 2 nitrogen and oxygen atoms in total. The largest absolute Gasteiger partial charge is 0.494 e. The number of aromatic nitrogens is 1.